The van der Waals surface area contributed by atoms with E-state index >= 15 is 0 Å². The minimum Gasteiger partial charge on any atom is -0.393 e. The minimum atomic E-state index is -4.04. The fourth-order valence-electron chi connectivity index (χ4n) is 4.06. The summed E-state index contributed by atoms with van der Waals surface area (Å²) in [5.74, 6) is 0. The van der Waals surface area contributed by atoms with E-state index < -0.39 is 21.5 Å². The highest BCUT2D eigenvalue weighted by Gasteiger charge is 2.24. The monoisotopic (exact) mass is 434 g/mol. The van der Waals surface area contributed by atoms with Crippen LogP contribution >= 0.6 is 0 Å². The van der Waals surface area contributed by atoms with Crippen molar-refractivity contribution in [1.29, 1.82) is 0 Å². The van der Waals surface area contributed by atoms with E-state index in [9.17, 15) is 18.1 Å². The van der Waals surface area contributed by atoms with Crippen LogP contribution in [0.3, 0.4) is 0 Å². The van der Waals surface area contributed by atoms with Crippen LogP contribution in [0, 0.1) is 0 Å². The molecular weight excluding hydrogens is 384 g/mol. The van der Waals surface area contributed by atoms with Gasteiger partial charge in [-0.15, -0.1) is 0 Å². The van der Waals surface area contributed by atoms with Crippen LogP contribution in [0.2, 0.25) is 0 Å². The molecule has 0 radical (unpaired) electrons. The van der Waals surface area contributed by atoms with Gasteiger partial charge in [0.2, 0.25) is 0 Å². The van der Waals surface area contributed by atoms with Gasteiger partial charge in [-0.25, -0.2) is 0 Å². The molecule has 0 aromatic carbocycles. The molecule has 0 heterocycles. The van der Waals surface area contributed by atoms with Gasteiger partial charge in [-0.1, -0.05) is 123 Å². The van der Waals surface area contributed by atoms with Crippen LogP contribution in [0.1, 0.15) is 142 Å². The first-order valence-electron chi connectivity index (χ1n) is 12.6. The zero-order chi connectivity index (χ0) is 21.8. The molecule has 0 fully saturated rings. The number of unbranched alkanes of at least 4 members (excludes halogenated alkanes) is 15. The summed E-state index contributed by atoms with van der Waals surface area (Å²) in [5.41, 5.74) is 0. The highest BCUT2D eigenvalue weighted by Crippen LogP contribution is 2.18. The molecule has 0 aliphatic heterocycles. The first-order chi connectivity index (χ1) is 13.9. The van der Waals surface area contributed by atoms with Crippen molar-refractivity contribution in [2.24, 2.45) is 0 Å². The smallest absolute Gasteiger partial charge is 0.267 e. The van der Waals surface area contributed by atoms with Crippen LogP contribution in [-0.2, 0) is 10.1 Å². The van der Waals surface area contributed by atoms with Gasteiger partial charge in [0.05, 0.1) is 11.4 Å². The van der Waals surface area contributed by atoms with Crippen molar-refractivity contribution in [3.63, 3.8) is 0 Å². The molecule has 0 aromatic rings. The molecule has 2 atom stereocenters. The Balaban J connectivity index is 3.40. The van der Waals surface area contributed by atoms with Gasteiger partial charge in [-0.2, -0.15) is 8.42 Å². The van der Waals surface area contributed by atoms with Crippen molar-refractivity contribution < 1.29 is 18.1 Å². The lowest BCUT2D eigenvalue weighted by molar-refractivity contribution is 0.147. The lowest BCUT2D eigenvalue weighted by Gasteiger charge is -2.17. The summed E-state index contributed by atoms with van der Waals surface area (Å²) >= 11 is 0. The molecule has 5 heteroatoms. The highest BCUT2D eigenvalue weighted by molar-refractivity contribution is 7.86. The maximum atomic E-state index is 11.3. The first-order valence-corrected chi connectivity index (χ1v) is 14.1. The van der Waals surface area contributed by atoms with Crippen LogP contribution < -0.4 is 0 Å². The Morgan fingerprint density at radius 3 is 1.31 bits per heavy atom. The van der Waals surface area contributed by atoms with E-state index in [4.69, 9.17) is 0 Å². The second-order valence-corrected chi connectivity index (χ2v) is 10.6. The van der Waals surface area contributed by atoms with Crippen LogP contribution in [0.15, 0.2) is 0 Å². The van der Waals surface area contributed by atoms with E-state index in [2.05, 4.69) is 6.92 Å². The number of aliphatic hydroxyl groups is 1. The third-order valence-electron chi connectivity index (χ3n) is 5.96. The predicted octanol–water partition coefficient (Wildman–Crippen LogP) is 7.45. The van der Waals surface area contributed by atoms with Gasteiger partial charge in [-0.3, -0.25) is 4.55 Å². The van der Waals surface area contributed by atoms with E-state index in [1.807, 2.05) is 6.92 Å². The molecule has 0 rings (SSSR count). The van der Waals surface area contributed by atoms with Crippen molar-refractivity contribution in [2.75, 3.05) is 0 Å². The maximum Gasteiger partial charge on any atom is 0.267 e. The predicted molar refractivity (Wildman–Crippen MR) is 125 cm³/mol. The molecule has 176 valence electrons. The highest BCUT2D eigenvalue weighted by atomic mass is 32.2. The molecule has 0 aliphatic carbocycles. The molecule has 0 amide bonds. The van der Waals surface area contributed by atoms with Crippen LogP contribution in [0.4, 0.5) is 0 Å². The van der Waals surface area contributed by atoms with Crippen LogP contribution in [0.5, 0.6) is 0 Å². The van der Waals surface area contributed by atoms with Crippen LogP contribution in [-0.4, -0.2) is 29.4 Å². The minimum absolute atomic E-state index is 0.158. The summed E-state index contributed by atoms with van der Waals surface area (Å²) in [7, 11) is -4.04. The number of hydrogen-bond acceptors (Lipinski definition) is 3. The first kappa shape index (κ1) is 28.9. The molecule has 0 aromatic heterocycles. The summed E-state index contributed by atoms with van der Waals surface area (Å²) in [6.07, 6.45) is 22.4. The van der Waals surface area contributed by atoms with Gasteiger partial charge in [0.15, 0.2) is 0 Å². The fourth-order valence-corrected chi connectivity index (χ4v) is 5.06. The van der Waals surface area contributed by atoms with Gasteiger partial charge in [-0.05, 0) is 19.3 Å². The quantitative estimate of drug-likeness (QED) is 0.137. The Morgan fingerprint density at radius 2 is 0.966 bits per heavy atom. The van der Waals surface area contributed by atoms with E-state index in [1.54, 1.807) is 0 Å². The van der Waals surface area contributed by atoms with E-state index in [1.165, 1.54) is 89.9 Å². The number of aliphatic hydroxyl groups excluding tert-OH is 1. The van der Waals surface area contributed by atoms with Gasteiger partial charge in [0, 0.05) is 0 Å². The SMILES string of the molecule is CCCCCCCCCCCCCCCCCCC(O)CC(CCC)S(=O)(=O)O. The Morgan fingerprint density at radius 1 is 0.586 bits per heavy atom. The summed E-state index contributed by atoms with van der Waals surface area (Å²) in [4.78, 5) is 0. The van der Waals surface area contributed by atoms with Crippen molar-refractivity contribution in [3.8, 4) is 0 Å². The van der Waals surface area contributed by atoms with Crippen molar-refractivity contribution >= 4 is 10.1 Å². The lowest BCUT2D eigenvalue weighted by atomic mass is 10.0. The Labute approximate surface area is 182 Å². The Kier molecular flexibility index (Phi) is 19.7. The van der Waals surface area contributed by atoms with Gasteiger partial charge in [0.1, 0.15) is 0 Å². The normalized spacial score (nSPS) is 14.2. The summed E-state index contributed by atoms with van der Waals surface area (Å²) in [6.45, 7) is 4.16. The van der Waals surface area contributed by atoms with Crippen molar-refractivity contribution in [3.05, 3.63) is 0 Å². The molecule has 2 unspecified atom stereocenters. The molecule has 29 heavy (non-hydrogen) atoms. The van der Waals surface area contributed by atoms with E-state index in [0.717, 1.165) is 12.8 Å². The molecule has 0 spiro atoms. The third kappa shape index (κ3) is 19.6. The molecule has 0 saturated carbocycles. The largest absolute Gasteiger partial charge is 0.393 e. The molecular formula is C24H50O4S. The van der Waals surface area contributed by atoms with Gasteiger partial charge < -0.3 is 5.11 Å². The van der Waals surface area contributed by atoms with E-state index in [0.29, 0.717) is 19.3 Å². The second kappa shape index (κ2) is 19.8. The van der Waals surface area contributed by atoms with E-state index in [-0.39, 0.29) is 6.42 Å². The molecule has 4 nitrogen and oxygen atoms in total. The van der Waals surface area contributed by atoms with Gasteiger partial charge >= 0.3 is 0 Å². The Hall–Kier alpha value is -0.130. The number of hydrogen-bond donors (Lipinski definition) is 2. The van der Waals surface area contributed by atoms with Gasteiger partial charge in [0.25, 0.3) is 10.1 Å². The lowest BCUT2D eigenvalue weighted by Crippen LogP contribution is -2.26. The third-order valence-corrected chi connectivity index (χ3v) is 7.23. The van der Waals surface area contributed by atoms with Crippen molar-refractivity contribution in [1.82, 2.24) is 0 Å². The zero-order valence-electron chi connectivity index (χ0n) is 19.4. The molecule has 0 aliphatic rings. The molecule has 0 bridgehead atoms. The standard InChI is InChI=1S/C24H50O4S/c1-3-5-6-7-8-9-10-11-12-13-14-15-16-17-18-19-21-23(25)22-24(20-4-2)29(26,27)28/h23-25H,3-22H2,1-2H3,(H,26,27,28). The number of rotatable bonds is 22. The Bertz CT molecular complexity index is 436. The average molecular weight is 435 g/mol. The second-order valence-electron chi connectivity index (χ2n) is 8.91. The summed E-state index contributed by atoms with van der Waals surface area (Å²) in [5, 5.41) is 9.23. The molecule has 0 saturated heterocycles. The van der Waals surface area contributed by atoms with Crippen molar-refractivity contribution in [2.45, 2.75) is 154 Å². The zero-order valence-corrected chi connectivity index (χ0v) is 20.2. The summed E-state index contributed by atoms with van der Waals surface area (Å²) in [6, 6.07) is 0. The topological polar surface area (TPSA) is 74.6 Å². The van der Waals surface area contributed by atoms with Crippen LogP contribution in [0.25, 0.3) is 0 Å². The maximum absolute atomic E-state index is 11.3. The fraction of sp³-hybridized carbons (Fsp3) is 1.00. The summed E-state index contributed by atoms with van der Waals surface area (Å²) < 4.78 is 31.9. The molecule has 2 N–H and O–H groups in total. The average Bonchev–Trinajstić information content (AvgIpc) is 2.66.